The molecule has 0 saturated carbocycles. The first-order valence-electron chi connectivity index (χ1n) is 9.08. The molecule has 148 valence electrons. The molecule has 0 saturated heterocycles. The number of nitrogens with one attached hydrogen (secondary N) is 1. The SMILES string of the molecule is CCNC(=NCC(O)c1ccc(Cl)s1)N(C)Cc1cnn(-c2ccccc2)c1. The fourth-order valence-corrected chi connectivity index (χ4v) is 3.79. The van der Waals surface area contributed by atoms with E-state index in [4.69, 9.17) is 11.6 Å². The van der Waals surface area contributed by atoms with E-state index in [-0.39, 0.29) is 6.54 Å². The van der Waals surface area contributed by atoms with Gasteiger partial charge in [-0.25, -0.2) is 4.68 Å². The minimum absolute atomic E-state index is 0.271. The Bertz CT molecular complexity index is 908. The van der Waals surface area contributed by atoms with Gasteiger partial charge in [-0.1, -0.05) is 29.8 Å². The lowest BCUT2D eigenvalue weighted by Crippen LogP contribution is -2.38. The van der Waals surface area contributed by atoms with Crippen molar-refractivity contribution in [2.45, 2.75) is 19.6 Å². The number of hydrogen-bond acceptors (Lipinski definition) is 4. The first-order chi connectivity index (χ1) is 13.6. The van der Waals surface area contributed by atoms with Crippen molar-refractivity contribution < 1.29 is 5.11 Å². The van der Waals surface area contributed by atoms with Crippen LogP contribution < -0.4 is 5.32 Å². The van der Waals surface area contributed by atoms with Crippen molar-refractivity contribution in [1.82, 2.24) is 20.0 Å². The van der Waals surface area contributed by atoms with E-state index in [0.717, 1.165) is 28.6 Å². The minimum Gasteiger partial charge on any atom is -0.386 e. The maximum absolute atomic E-state index is 10.3. The number of halogens is 1. The average Bonchev–Trinajstić information content (AvgIpc) is 3.34. The molecule has 0 amide bonds. The number of guanidine groups is 1. The molecule has 2 heterocycles. The summed E-state index contributed by atoms with van der Waals surface area (Å²) in [6, 6.07) is 13.6. The molecule has 0 aliphatic rings. The van der Waals surface area contributed by atoms with Crippen LogP contribution in [-0.2, 0) is 6.54 Å². The van der Waals surface area contributed by atoms with Gasteiger partial charge >= 0.3 is 0 Å². The van der Waals surface area contributed by atoms with Gasteiger partial charge in [-0.3, -0.25) is 4.99 Å². The van der Waals surface area contributed by atoms with E-state index in [1.165, 1.54) is 11.3 Å². The summed E-state index contributed by atoms with van der Waals surface area (Å²) in [4.78, 5) is 7.41. The molecule has 2 N–H and O–H groups in total. The summed E-state index contributed by atoms with van der Waals surface area (Å²) in [5, 5.41) is 18.0. The molecular weight excluding hydrogens is 394 g/mol. The molecule has 0 aliphatic carbocycles. The van der Waals surface area contributed by atoms with Gasteiger partial charge in [-0.15, -0.1) is 11.3 Å². The summed E-state index contributed by atoms with van der Waals surface area (Å²) in [6.45, 7) is 3.69. The molecule has 2 aromatic heterocycles. The summed E-state index contributed by atoms with van der Waals surface area (Å²) in [5.41, 5.74) is 2.09. The number of aliphatic imine (C=N–C) groups is 1. The molecular formula is C20H24ClN5OS. The van der Waals surface area contributed by atoms with Gasteiger partial charge in [0.2, 0.25) is 0 Å². The van der Waals surface area contributed by atoms with E-state index in [9.17, 15) is 5.11 Å². The van der Waals surface area contributed by atoms with E-state index >= 15 is 0 Å². The van der Waals surface area contributed by atoms with Gasteiger partial charge in [0.15, 0.2) is 5.96 Å². The van der Waals surface area contributed by atoms with E-state index in [0.29, 0.717) is 10.9 Å². The number of aliphatic hydroxyl groups is 1. The number of aromatic nitrogens is 2. The predicted molar refractivity (Wildman–Crippen MR) is 115 cm³/mol. The normalized spacial score (nSPS) is 12.8. The number of para-hydroxylation sites is 1. The van der Waals surface area contributed by atoms with Crippen molar-refractivity contribution in [2.24, 2.45) is 4.99 Å². The second kappa shape index (κ2) is 9.73. The van der Waals surface area contributed by atoms with Crippen LogP contribution in [0.2, 0.25) is 4.34 Å². The van der Waals surface area contributed by atoms with Crippen LogP contribution in [0.4, 0.5) is 0 Å². The fourth-order valence-electron chi connectivity index (χ4n) is 2.75. The average molecular weight is 418 g/mol. The van der Waals surface area contributed by atoms with Crippen molar-refractivity contribution in [3.8, 4) is 5.69 Å². The van der Waals surface area contributed by atoms with Gasteiger partial charge in [0.05, 0.1) is 22.8 Å². The molecule has 3 rings (SSSR count). The summed E-state index contributed by atoms with van der Waals surface area (Å²) >= 11 is 7.32. The van der Waals surface area contributed by atoms with Crippen LogP contribution in [0.15, 0.2) is 59.9 Å². The lowest BCUT2D eigenvalue weighted by molar-refractivity contribution is 0.190. The lowest BCUT2D eigenvalue weighted by atomic mass is 10.3. The molecule has 0 radical (unpaired) electrons. The van der Waals surface area contributed by atoms with E-state index in [1.807, 2.05) is 72.3 Å². The monoisotopic (exact) mass is 417 g/mol. The van der Waals surface area contributed by atoms with Gasteiger partial charge < -0.3 is 15.3 Å². The fraction of sp³-hybridized carbons (Fsp3) is 0.300. The Labute approximate surface area is 174 Å². The molecule has 0 aliphatic heterocycles. The standard InChI is InChI=1S/C20H24ClN5OS/c1-3-22-20(23-12-17(27)18-9-10-19(21)28-18)25(2)13-15-11-24-26(14-15)16-7-5-4-6-8-16/h4-11,14,17,27H,3,12-13H2,1-2H3,(H,22,23). The summed E-state index contributed by atoms with van der Waals surface area (Å²) < 4.78 is 2.52. The highest BCUT2D eigenvalue weighted by Crippen LogP contribution is 2.27. The Morgan fingerprint density at radius 2 is 2.11 bits per heavy atom. The molecule has 0 fully saturated rings. The second-order valence-corrected chi connectivity index (χ2v) is 8.08. The maximum Gasteiger partial charge on any atom is 0.194 e. The van der Waals surface area contributed by atoms with Crippen LogP contribution in [0.3, 0.4) is 0 Å². The highest BCUT2D eigenvalue weighted by Gasteiger charge is 2.13. The van der Waals surface area contributed by atoms with E-state index in [1.54, 1.807) is 6.07 Å². The number of hydrogen-bond donors (Lipinski definition) is 2. The van der Waals surface area contributed by atoms with E-state index < -0.39 is 6.10 Å². The molecule has 1 atom stereocenters. The van der Waals surface area contributed by atoms with Gasteiger partial charge in [-0.2, -0.15) is 5.10 Å². The minimum atomic E-state index is -0.666. The molecule has 6 nitrogen and oxygen atoms in total. The summed E-state index contributed by atoms with van der Waals surface area (Å²) in [5.74, 6) is 0.733. The predicted octanol–water partition coefficient (Wildman–Crippen LogP) is 3.72. The van der Waals surface area contributed by atoms with Crippen LogP contribution in [0.1, 0.15) is 23.5 Å². The number of rotatable bonds is 7. The summed E-state index contributed by atoms with van der Waals surface area (Å²) in [6.07, 6.45) is 3.20. The zero-order chi connectivity index (χ0) is 19.9. The van der Waals surface area contributed by atoms with Crippen molar-refractivity contribution >= 4 is 28.9 Å². The quantitative estimate of drug-likeness (QED) is 0.454. The lowest BCUT2D eigenvalue weighted by Gasteiger charge is -2.21. The zero-order valence-electron chi connectivity index (χ0n) is 15.9. The van der Waals surface area contributed by atoms with Gasteiger partial charge in [0.1, 0.15) is 6.10 Å². The maximum atomic E-state index is 10.3. The number of thiophene rings is 1. The zero-order valence-corrected chi connectivity index (χ0v) is 17.5. The first kappa shape index (κ1) is 20.4. The highest BCUT2D eigenvalue weighted by atomic mass is 35.5. The molecule has 1 unspecified atom stereocenters. The van der Waals surface area contributed by atoms with Gasteiger partial charge in [-0.05, 0) is 31.2 Å². The molecule has 0 spiro atoms. The number of aliphatic hydroxyl groups excluding tert-OH is 1. The Balaban J connectivity index is 1.65. The molecule has 0 bridgehead atoms. The molecule has 1 aromatic carbocycles. The van der Waals surface area contributed by atoms with Crippen LogP contribution in [0.25, 0.3) is 5.69 Å². The topological polar surface area (TPSA) is 65.7 Å². The molecule has 8 heteroatoms. The van der Waals surface area contributed by atoms with Crippen molar-refractivity contribution in [3.63, 3.8) is 0 Å². The van der Waals surface area contributed by atoms with E-state index in [2.05, 4.69) is 15.4 Å². The third-order valence-corrected chi connectivity index (χ3v) is 5.44. The third-order valence-electron chi connectivity index (χ3n) is 4.11. The Morgan fingerprint density at radius 1 is 1.32 bits per heavy atom. The van der Waals surface area contributed by atoms with Crippen LogP contribution in [-0.4, -0.2) is 45.9 Å². The second-order valence-electron chi connectivity index (χ2n) is 6.34. The number of nitrogens with zero attached hydrogens (tertiary/aromatic N) is 4. The number of benzene rings is 1. The van der Waals surface area contributed by atoms with Crippen LogP contribution >= 0.6 is 22.9 Å². The smallest absolute Gasteiger partial charge is 0.194 e. The first-order valence-corrected chi connectivity index (χ1v) is 10.3. The van der Waals surface area contributed by atoms with Crippen molar-refractivity contribution in [3.05, 3.63) is 69.6 Å². The van der Waals surface area contributed by atoms with Crippen molar-refractivity contribution in [2.75, 3.05) is 20.1 Å². The Hall–Kier alpha value is -2.35. The van der Waals surface area contributed by atoms with Gasteiger partial charge in [0.25, 0.3) is 0 Å². The third kappa shape index (κ3) is 5.34. The van der Waals surface area contributed by atoms with Crippen LogP contribution in [0.5, 0.6) is 0 Å². The largest absolute Gasteiger partial charge is 0.386 e. The van der Waals surface area contributed by atoms with Crippen LogP contribution in [0, 0.1) is 0 Å². The molecule has 28 heavy (non-hydrogen) atoms. The Morgan fingerprint density at radius 3 is 2.79 bits per heavy atom. The van der Waals surface area contributed by atoms with Crippen molar-refractivity contribution in [1.29, 1.82) is 0 Å². The van der Waals surface area contributed by atoms with Gasteiger partial charge in [0, 0.05) is 36.8 Å². The summed E-state index contributed by atoms with van der Waals surface area (Å²) in [7, 11) is 1.97. The Kier molecular flexibility index (Phi) is 7.08. The molecule has 3 aromatic rings. The highest BCUT2D eigenvalue weighted by molar-refractivity contribution is 7.16.